The molecule has 10 nitrogen and oxygen atoms in total. The summed E-state index contributed by atoms with van der Waals surface area (Å²) in [5, 5.41) is 9.40. The van der Waals surface area contributed by atoms with Crippen LogP contribution in [-0.4, -0.2) is 121 Å². The van der Waals surface area contributed by atoms with Crippen LogP contribution < -0.4 is 4.90 Å². The van der Waals surface area contributed by atoms with Crippen LogP contribution in [0.1, 0.15) is 12.8 Å². The summed E-state index contributed by atoms with van der Waals surface area (Å²) in [6.07, 6.45) is 8.11. The van der Waals surface area contributed by atoms with Crippen LogP contribution in [0.2, 0.25) is 0 Å². The van der Waals surface area contributed by atoms with Gasteiger partial charge in [-0.1, -0.05) is 42.5 Å². The highest BCUT2D eigenvalue weighted by atomic mass is 16.5. The molecule has 0 saturated carbocycles. The Hall–Kier alpha value is -3.05. The predicted molar refractivity (Wildman–Crippen MR) is 147 cm³/mol. The van der Waals surface area contributed by atoms with Crippen LogP contribution >= 0.6 is 0 Å². The van der Waals surface area contributed by atoms with E-state index in [9.17, 15) is 19.5 Å². The number of unbranched alkanes of at least 4 members (excludes halogenated alkanes) is 1. The smallest absolute Gasteiger partial charge is 0.249 e. The van der Waals surface area contributed by atoms with Crippen molar-refractivity contribution in [2.45, 2.75) is 30.6 Å². The molecule has 3 saturated heterocycles. The summed E-state index contributed by atoms with van der Waals surface area (Å²) in [6, 6.07) is 8.60. The maximum Gasteiger partial charge on any atom is 0.249 e. The number of likely N-dealkylation sites (tertiary alicyclic amines) is 1. The zero-order chi connectivity index (χ0) is 27.7. The zero-order valence-electron chi connectivity index (χ0n) is 22.8. The highest BCUT2D eigenvalue weighted by Crippen LogP contribution is 2.53. The number of fused-ring (bicyclic) bond motifs is 2. The number of anilines is 1. The second-order valence-corrected chi connectivity index (χ2v) is 11.2. The first-order chi connectivity index (χ1) is 19.5. The van der Waals surface area contributed by atoms with Crippen molar-refractivity contribution in [3.05, 3.63) is 54.6 Å². The minimum absolute atomic E-state index is 0.0112. The van der Waals surface area contributed by atoms with E-state index < -0.39 is 29.6 Å². The first kappa shape index (κ1) is 27.1. The van der Waals surface area contributed by atoms with E-state index in [0.29, 0.717) is 52.2 Å². The molecule has 5 aliphatic heterocycles. The second-order valence-electron chi connectivity index (χ2n) is 11.2. The quantitative estimate of drug-likeness (QED) is 0.375. The first-order valence-corrected chi connectivity index (χ1v) is 14.4. The first-order valence-electron chi connectivity index (χ1n) is 14.4. The van der Waals surface area contributed by atoms with Gasteiger partial charge in [0.1, 0.15) is 11.6 Å². The van der Waals surface area contributed by atoms with Crippen LogP contribution in [0.15, 0.2) is 54.6 Å². The molecule has 0 radical (unpaired) electrons. The number of hydrogen-bond donors (Lipinski definition) is 1. The number of para-hydroxylation sites is 1. The lowest BCUT2D eigenvalue weighted by molar-refractivity contribution is -0.147. The van der Waals surface area contributed by atoms with Gasteiger partial charge in [-0.3, -0.25) is 19.3 Å². The highest BCUT2D eigenvalue weighted by Gasteiger charge is 2.71. The molecule has 10 heteroatoms. The number of rotatable bonds is 8. The Kier molecular flexibility index (Phi) is 7.76. The van der Waals surface area contributed by atoms with Gasteiger partial charge in [0, 0.05) is 58.1 Å². The summed E-state index contributed by atoms with van der Waals surface area (Å²) < 4.78 is 12.2. The Labute approximate surface area is 234 Å². The van der Waals surface area contributed by atoms with Gasteiger partial charge in [-0.15, -0.1) is 0 Å². The Balaban J connectivity index is 1.32. The average molecular weight is 551 g/mol. The van der Waals surface area contributed by atoms with E-state index in [1.165, 1.54) is 0 Å². The number of carbonyl (C=O) groups is 3. The van der Waals surface area contributed by atoms with Crippen molar-refractivity contribution in [3.63, 3.8) is 0 Å². The van der Waals surface area contributed by atoms with E-state index in [0.717, 1.165) is 25.3 Å². The van der Waals surface area contributed by atoms with Gasteiger partial charge in [-0.2, -0.15) is 0 Å². The minimum Gasteiger partial charge on any atom is -0.396 e. The monoisotopic (exact) mass is 550 g/mol. The SMILES string of the molecule is O=C1C2N(CCCCO)C(=O)[C@@H]3[C@H]4C(=O)N(c5ccccc5)CC=C[C@H]4O[C@]23C=CCN1CCN1CCOCC1. The summed E-state index contributed by atoms with van der Waals surface area (Å²) in [4.78, 5) is 50.1. The molecule has 0 bridgehead atoms. The van der Waals surface area contributed by atoms with Crippen molar-refractivity contribution in [2.24, 2.45) is 11.8 Å². The van der Waals surface area contributed by atoms with E-state index in [1.54, 1.807) is 9.80 Å². The van der Waals surface area contributed by atoms with Crippen LogP contribution in [0.3, 0.4) is 0 Å². The zero-order valence-corrected chi connectivity index (χ0v) is 22.8. The summed E-state index contributed by atoms with van der Waals surface area (Å²) >= 11 is 0. The van der Waals surface area contributed by atoms with E-state index >= 15 is 0 Å². The number of hydrogen-bond acceptors (Lipinski definition) is 7. The Morgan fingerprint density at radius 1 is 0.900 bits per heavy atom. The minimum atomic E-state index is -1.23. The standard InChI is InChI=1S/C30H38N4O6/c35-19-5-4-13-34-26-29(38)32(16-15-31-17-20-39-21-18-31)12-7-11-30(26)25(28(34)37)24-23(40-30)10-6-14-33(27(24)36)22-8-2-1-3-9-22/h1-3,6-11,23-26,35H,4-5,12-21H2/t23-,24+,25+,26?,30+/m1/s1. The molecule has 5 atom stereocenters. The van der Waals surface area contributed by atoms with Gasteiger partial charge >= 0.3 is 0 Å². The predicted octanol–water partition coefficient (Wildman–Crippen LogP) is 0.673. The third-order valence-electron chi connectivity index (χ3n) is 8.91. The third kappa shape index (κ3) is 4.66. The molecule has 40 heavy (non-hydrogen) atoms. The summed E-state index contributed by atoms with van der Waals surface area (Å²) in [5.74, 6) is -2.08. The van der Waals surface area contributed by atoms with Gasteiger partial charge in [-0.25, -0.2) is 0 Å². The molecular weight excluding hydrogens is 512 g/mol. The molecule has 1 N–H and O–H groups in total. The van der Waals surface area contributed by atoms with E-state index in [2.05, 4.69) is 4.90 Å². The molecule has 214 valence electrons. The number of nitrogens with zero attached hydrogens (tertiary/aromatic N) is 4. The van der Waals surface area contributed by atoms with Crippen LogP contribution in [-0.2, 0) is 23.9 Å². The lowest BCUT2D eigenvalue weighted by atomic mass is 9.77. The number of aliphatic hydroxyl groups is 1. The van der Waals surface area contributed by atoms with Crippen molar-refractivity contribution in [1.82, 2.24) is 14.7 Å². The number of aliphatic hydroxyl groups excluding tert-OH is 1. The van der Waals surface area contributed by atoms with E-state index in [4.69, 9.17) is 9.47 Å². The van der Waals surface area contributed by atoms with Crippen LogP contribution in [0.5, 0.6) is 0 Å². The molecule has 3 amide bonds. The number of amides is 3. The summed E-state index contributed by atoms with van der Waals surface area (Å²) in [5.41, 5.74) is -0.460. The lowest BCUT2D eigenvalue weighted by Gasteiger charge is -2.36. The fourth-order valence-electron chi connectivity index (χ4n) is 6.95. The van der Waals surface area contributed by atoms with Crippen molar-refractivity contribution in [1.29, 1.82) is 0 Å². The van der Waals surface area contributed by atoms with Gasteiger partial charge in [0.2, 0.25) is 17.7 Å². The van der Waals surface area contributed by atoms with Crippen LogP contribution in [0.4, 0.5) is 5.69 Å². The topological polar surface area (TPSA) is 103 Å². The van der Waals surface area contributed by atoms with Crippen molar-refractivity contribution in [3.8, 4) is 0 Å². The van der Waals surface area contributed by atoms with Gasteiger partial charge in [0.25, 0.3) is 0 Å². The molecule has 6 rings (SSSR count). The average Bonchev–Trinajstić information content (AvgIpc) is 3.29. The number of morpholine rings is 1. The Bertz CT molecular complexity index is 1170. The molecular formula is C30H38N4O6. The molecule has 3 fully saturated rings. The fraction of sp³-hybridized carbons (Fsp3) is 0.567. The molecule has 0 aromatic heterocycles. The van der Waals surface area contributed by atoms with Crippen LogP contribution in [0, 0.1) is 11.8 Å². The lowest BCUT2D eigenvalue weighted by Crippen LogP contribution is -2.56. The highest BCUT2D eigenvalue weighted by molar-refractivity contribution is 6.03. The second kappa shape index (κ2) is 11.4. The summed E-state index contributed by atoms with van der Waals surface area (Å²) in [7, 11) is 0. The fourth-order valence-corrected chi connectivity index (χ4v) is 6.95. The van der Waals surface area contributed by atoms with Gasteiger partial charge in [0.05, 0.1) is 31.2 Å². The number of benzene rings is 1. The number of carbonyl (C=O) groups excluding carboxylic acids is 3. The number of ether oxygens (including phenoxy) is 2. The maximum absolute atomic E-state index is 14.3. The molecule has 1 aromatic carbocycles. The van der Waals surface area contributed by atoms with Crippen LogP contribution in [0.25, 0.3) is 0 Å². The molecule has 1 spiro atoms. The van der Waals surface area contributed by atoms with Crippen molar-refractivity contribution >= 4 is 23.4 Å². The van der Waals surface area contributed by atoms with Gasteiger partial charge < -0.3 is 29.3 Å². The molecule has 0 aliphatic carbocycles. The Morgan fingerprint density at radius 2 is 1.70 bits per heavy atom. The maximum atomic E-state index is 14.3. The molecule has 5 aliphatic rings. The normalized spacial score (nSPS) is 32.2. The third-order valence-corrected chi connectivity index (χ3v) is 8.91. The van der Waals surface area contributed by atoms with E-state index in [1.807, 2.05) is 59.5 Å². The molecule has 5 heterocycles. The largest absolute Gasteiger partial charge is 0.396 e. The van der Waals surface area contributed by atoms with Crippen molar-refractivity contribution in [2.75, 3.05) is 70.5 Å². The van der Waals surface area contributed by atoms with Crippen molar-refractivity contribution < 1.29 is 29.0 Å². The molecule has 1 aromatic rings. The van der Waals surface area contributed by atoms with E-state index in [-0.39, 0.29) is 24.3 Å². The van der Waals surface area contributed by atoms with Gasteiger partial charge in [0.15, 0.2) is 0 Å². The van der Waals surface area contributed by atoms with Gasteiger partial charge in [-0.05, 0) is 25.0 Å². The Morgan fingerprint density at radius 3 is 2.48 bits per heavy atom. The molecule has 1 unspecified atom stereocenters. The summed E-state index contributed by atoms with van der Waals surface area (Å²) in [6.45, 7) is 5.45.